The van der Waals surface area contributed by atoms with Crippen LogP contribution in [0.25, 0.3) is 0 Å². The van der Waals surface area contributed by atoms with Crippen molar-refractivity contribution in [3.8, 4) is 0 Å². The van der Waals surface area contributed by atoms with Gasteiger partial charge in [-0.25, -0.2) is 0 Å². The van der Waals surface area contributed by atoms with Gasteiger partial charge in [0.2, 0.25) is 0 Å². The third-order valence-corrected chi connectivity index (χ3v) is 6.20. The Morgan fingerprint density at radius 2 is 1.58 bits per heavy atom. The fraction of sp³-hybridized carbons (Fsp3) is 1.00. The van der Waals surface area contributed by atoms with Gasteiger partial charge in [0, 0.05) is 19.3 Å². The number of fused-ring (bicyclic) bond motifs is 1. The predicted octanol–water partition coefficient (Wildman–Crippen LogP) is 3.61. The minimum Gasteiger partial charge on any atom is -0.381 e. The Kier molecular flexibility index (Phi) is 4.81. The summed E-state index contributed by atoms with van der Waals surface area (Å²) >= 11 is 0. The van der Waals surface area contributed by atoms with Gasteiger partial charge in [-0.05, 0) is 62.8 Å². The topological polar surface area (TPSA) is 21.3 Å². The zero-order chi connectivity index (χ0) is 13.1. The third-order valence-electron chi connectivity index (χ3n) is 6.20. The Morgan fingerprint density at radius 1 is 0.842 bits per heavy atom. The zero-order valence-electron chi connectivity index (χ0n) is 12.6. The van der Waals surface area contributed by atoms with E-state index in [9.17, 15) is 0 Å². The van der Waals surface area contributed by atoms with Crippen LogP contribution in [-0.4, -0.2) is 26.3 Å². The van der Waals surface area contributed by atoms with E-state index in [1.54, 1.807) is 0 Å². The molecule has 0 aromatic rings. The number of hydrogen-bond acceptors (Lipinski definition) is 2. The van der Waals surface area contributed by atoms with Gasteiger partial charge in [0.15, 0.2) is 0 Å². The van der Waals surface area contributed by atoms with E-state index in [4.69, 9.17) is 4.74 Å². The van der Waals surface area contributed by atoms with Crippen molar-refractivity contribution >= 4 is 0 Å². The van der Waals surface area contributed by atoms with Crippen LogP contribution in [0.3, 0.4) is 0 Å². The summed E-state index contributed by atoms with van der Waals surface area (Å²) in [7, 11) is 2.19. The molecule has 3 aliphatic rings. The second kappa shape index (κ2) is 6.58. The lowest BCUT2D eigenvalue weighted by Gasteiger charge is -2.44. The maximum absolute atomic E-state index is 5.54. The van der Waals surface area contributed by atoms with Gasteiger partial charge in [-0.15, -0.1) is 0 Å². The van der Waals surface area contributed by atoms with Gasteiger partial charge in [-0.2, -0.15) is 0 Å². The maximum Gasteiger partial charge on any atom is 0.0469 e. The second-order valence-electron chi connectivity index (χ2n) is 7.14. The number of rotatable bonds is 3. The molecule has 2 nitrogen and oxygen atoms in total. The van der Waals surface area contributed by atoms with Gasteiger partial charge in [0.25, 0.3) is 0 Å². The van der Waals surface area contributed by atoms with E-state index >= 15 is 0 Å². The van der Waals surface area contributed by atoms with Crippen molar-refractivity contribution in [2.24, 2.45) is 23.7 Å². The van der Waals surface area contributed by atoms with Crippen molar-refractivity contribution in [3.05, 3.63) is 0 Å². The molecule has 1 aliphatic heterocycles. The van der Waals surface area contributed by atoms with Crippen molar-refractivity contribution in [3.63, 3.8) is 0 Å². The zero-order valence-corrected chi connectivity index (χ0v) is 12.6. The lowest BCUT2D eigenvalue weighted by molar-refractivity contribution is 0.0298. The largest absolute Gasteiger partial charge is 0.381 e. The van der Waals surface area contributed by atoms with Crippen LogP contribution >= 0.6 is 0 Å². The molecule has 0 radical (unpaired) electrons. The summed E-state index contributed by atoms with van der Waals surface area (Å²) in [5, 5.41) is 3.68. The van der Waals surface area contributed by atoms with Crippen molar-refractivity contribution in [2.75, 3.05) is 20.3 Å². The van der Waals surface area contributed by atoms with Crippen LogP contribution in [0.4, 0.5) is 0 Å². The Labute approximate surface area is 118 Å². The fourth-order valence-electron chi connectivity index (χ4n) is 5.17. The van der Waals surface area contributed by atoms with Crippen molar-refractivity contribution in [1.29, 1.82) is 0 Å². The molecule has 0 aromatic carbocycles. The first-order valence-electron chi connectivity index (χ1n) is 8.63. The van der Waals surface area contributed by atoms with Crippen molar-refractivity contribution in [2.45, 2.75) is 63.8 Å². The van der Waals surface area contributed by atoms with Crippen LogP contribution in [-0.2, 0) is 4.74 Å². The summed E-state index contributed by atoms with van der Waals surface area (Å²) in [6, 6.07) is 0.756. The van der Waals surface area contributed by atoms with E-state index in [0.29, 0.717) is 0 Å². The normalized spacial score (nSPS) is 38.7. The minimum atomic E-state index is 0.756. The van der Waals surface area contributed by atoms with E-state index in [0.717, 1.165) is 42.9 Å². The SMILES string of the molecule is CNC(C1CCOCC1)C1CCC2CCCCC2C1. The summed E-state index contributed by atoms with van der Waals surface area (Å²) in [6.07, 6.45) is 13.1. The molecule has 2 aliphatic carbocycles. The van der Waals surface area contributed by atoms with Crippen molar-refractivity contribution < 1.29 is 4.74 Å². The lowest BCUT2D eigenvalue weighted by Crippen LogP contribution is -2.45. The minimum absolute atomic E-state index is 0.756. The smallest absolute Gasteiger partial charge is 0.0469 e. The predicted molar refractivity (Wildman–Crippen MR) is 79.2 cm³/mol. The molecule has 3 fully saturated rings. The molecule has 2 saturated carbocycles. The Bertz CT molecular complexity index is 274. The lowest BCUT2D eigenvalue weighted by atomic mass is 9.64. The summed E-state index contributed by atoms with van der Waals surface area (Å²) in [5.41, 5.74) is 0. The second-order valence-corrected chi connectivity index (χ2v) is 7.14. The first-order valence-corrected chi connectivity index (χ1v) is 8.63. The average Bonchev–Trinajstić information content (AvgIpc) is 2.49. The molecule has 1 heterocycles. The Hall–Kier alpha value is -0.0800. The molecule has 0 amide bonds. The van der Waals surface area contributed by atoms with Crippen LogP contribution in [0.1, 0.15) is 57.8 Å². The summed E-state index contributed by atoms with van der Waals surface area (Å²) in [6.45, 7) is 1.98. The van der Waals surface area contributed by atoms with Crippen LogP contribution in [0, 0.1) is 23.7 Å². The molecular formula is C17H31NO. The molecule has 2 heteroatoms. The molecule has 1 N–H and O–H groups in total. The van der Waals surface area contributed by atoms with Gasteiger partial charge >= 0.3 is 0 Å². The molecular weight excluding hydrogens is 234 g/mol. The highest BCUT2D eigenvalue weighted by molar-refractivity contribution is 4.91. The van der Waals surface area contributed by atoms with E-state index in [1.165, 1.54) is 57.8 Å². The van der Waals surface area contributed by atoms with Crippen LogP contribution in [0.15, 0.2) is 0 Å². The van der Waals surface area contributed by atoms with Gasteiger partial charge in [-0.3, -0.25) is 0 Å². The molecule has 4 atom stereocenters. The summed E-state index contributed by atoms with van der Waals surface area (Å²) in [4.78, 5) is 0. The van der Waals surface area contributed by atoms with Gasteiger partial charge in [-0.1, -0.05) is 25.7 Å². The average molecular weight is 265 g/mol. The highest BCUT2D eigenvalue weighted by atomic mass is 16.5. The van der Waals surface area contributed by atoms with Crippen LogP contribution in [0.2, 0.25) is 0 Å². The van der Waals surface area contributed by atoms with E-state index < -0.39 is 0 Å². The molecule has 1 saturated heterocycles. The fourth-order valence-corrected chi connectivity index (χ4v) is 5.17. The monoisotopic (exact) mass is 265 g/mol. The Morgan fingerprint density at radius 3 is 2.32 bits per heavy atom. The molecule has 4 unspecified atom stereocenters. The highest BCUT2D eigenvalue weighted by Crippen LogP contribution is 2.45. The molecule has 0 bridgehead atoms. The van der Waals surface area contributed by atoms with Crippen molar-refractivity contribution in [1.82, 2.24) is 5.32 Å². The van der Waals surface area contributed by atoms with Gasteiger partial charge in [0.1, 0.15) is 0 Å². The van der Waals surface area contributed by atoms with E-state index in [2.05, 4.69) is 12.4 Å². The Balaban J connectivity index is 1.60. The van der Waals surface area contributed by atoms with E-state index in [1.807, 2.05) is 0 Å². The quantitative estimate of drug-likeness (QED) is 0.841. The van der Waals surface area contributed by atoms with Crippen LogP contribution < -0.4 is 5.32 Å². The summed E-state index contributed by atoms with van der Waals surface area (Å²) < 4.78 is 5.54. The maximum atomic E-state index is 5.54. The number of hydrogen-bond donors (Lipinski definition) is 1. The number of ether oxygens (including phenoxy) is 1. The van der Waals surface area contributed by atoms with Gasteiger partial charge < -0.3 is 10.1 Å². The standard InChI is InChI=1S/C17H31NO/c1-18-17(14-8-10-19-11-9-14)16-7-6-13-4-2-3-5-15(13)12-16/h13-18H,2-12H2,1H3. The van der Waals surface area contributed by atoms with Gasteiger partial charge in [0.05, 0.1) is 0 Å². The van der Waals surface area contributed by atoms with Crippen LogP contribution in [0.5, 0.6) is 0 Å². The molecule has 19 heavy (non-hydrogen) atoms. The number of nitrogens with one attached hydrogen (secondary N) is 1. The first kappa shape index (κ1) is 13.9. The molecule has 0 spiro atoms. The molecule has 3 rings (SSSR count). The third kappa shape index (κ3) is 3.16. The highest BCUT2D eigenvalue weighted by Gasteiger charge is 2.37. The first-order chi connectivity index (χ1) is 9.38. The molecule has 0 aromatic heterocycles. The van der Waals surface area contributed by atoms with E-state index in [-0.39, 0.29) is 0 Å². The summed E-state index contributed by atoms with van der Waals surface area (Å²) in [5.74, 6) is 3.94. The molecule has 110 valence electrons.